The smallest absolute Gasteiger partial charge is 0.341 e. The Labute approximate surface area is 131 Å². The number of benzene rings is 1. The molecule has 1 aromatic rings. The molecule has 0 saturated heterocycles. The first-order valence-electron chi connectivity index (χ1n) is 6.14. The van der Waals surface area contributed by atoms with Crippen LogP contribution in [0.1, 0.15) is 5.56 Å². The zero-order chi connectivity index (χ0) is 16.7. The summed E-state index contributed by atoms with van der Waals surface area (Å²) in [5.41, 5.74) is 0.208. The summed E-state index contributed by atoms with van der Waals surface area (Å²) in [6.07, 6.45) is 0.678. The number of rotatable bonds is 6. The molecule has 0 aliphatic carbocycles. The van der Waals surface area contributed by atoms with Crippen LogP contribution in [-0.4, -0.2) is 37.1 Å². The number of hydrogen-bond acceptors (Lipinski definition) is 6. The van der Waals surface area contributed by atoms with Gasteiger partial charge in [0.1, 0.15) is 5.57 Å². The third kappa shape index (κ3) is 4.85. The molecular formula is C14H14ClNO6. The standard InChI is InChI=1S/C14H14ClNO6/c1-21-13(17)8-11(14(18)22-2)12(16(19)20)7-9-3-5-10(15)6-4-9/h3-6,8,12H,7H2,1-2H3/b11-8-/t12-/m1/s1. The molecule has 0 aliphatic rings. The van der Waals surface area contributed by atoms with Gasteiger partial charge in [0.2, 0.25) is 6.04 Å². The number of carbonyl (C=O) groups excluding carboxylic acids is 2. The van der Waals surface area contributed by atoms with Crippen molar-refractivity contribution in [3.63, 3.8) is 0 Å². The second kappa shape index (κ2) is 8.14. The maximum absolute atomic E-state index is 11.7. The Morgan fingerprint density at radius 2 is 1.86 bits per heavy atom. The van der Waals surface area contributed by atoms with Gasteiger partial charge in [-0.3, -0.25) is 10.1 Å². The third-order valence-corrected chi connectivity index (χ3v) is 3.10. The van der Waals surface area contributed by atoms with Crippen LogP contribution in [0.2, 0.25) is 5.02 Å². The molecule has 0 unspecified atom stereocenters. The van der Waals surface area contributed by atoms with Crippen molar-refractivity contribution >= 4 is 23.5 Å². The third-order valence-electron chi connectivity index (χ3n) is 2.85. The topological polar surface area (TPSA) is 95.7 Å². The first kappa shape index (κ1) is 17.6. The zero-order valence-electron chi connectivity index (χ0n) is 11.9. The second-order valence-corrected chi connectivity index (χ2v) is 4.68. The molecule has 7 nitrogen and oxygen atoms in total. The number of ether oxygens (including phenoxy) is 2. The Bertz CT molecular complexity index is 596. The van der Waals surface area contributed by atoms with E-state index in [-0.39, 0.29) is 12.0 Å². The molecule has 0 amide bonds. The Morgan fingerprint density at radius 3 is 2.32 bits per heavy atom. The van der Waals surface area contributed by atoms with E-state index in [0.717, 1.165) is 20.3 Å². The van der Waals surface area contributed by atoms with Crippen molar-refractivity contribution in [2.45, 2.75) is 12.5 Å². The van der Waals surface area contributed by atoms with Gasteiger partial charge in [-0.15, -0.1) is 0 Å². The Hall–Kier alpha value is -2.41. The SMILES string of the molecule is COC(=O)/C=C(\C(=O)OC)[C@@H](Cc1ccc(Cl)cc1)[N+](=O)[O-]. The first-order valence-corrected chi connectivity index (χ1v) is 6.52. The molecular weight excluding hydrogens is 314 g/mol. The fourth-order valence-electron chi connectivity index (χ4n) is 1.74. The van der Waals surface area contributed by atoms with Gasteiger partial charge in [-0.25, -0.2) is 9.59 Å². The average Bonchev–Trinajstić information content (AvgIpc) is 2.51. The molecule has 0 bridgehead atoms. The van der Waals surface area contributed by atoms with Crippen LogP contribution >= 0.6 is 11.6 Å². The Kier molecular flexibility index (Phi) is 6.52. The van der Waals surface area contributed by atoms with Crippen molar-refractivity contribution in [2.75, 3.05) is 14.2 Å². The van der Waals surface area contributed by atoms with E-state index in [4.69, 9.17) is 11.6 Å². The lowest BCUT2D eigenvalue weighted by atomic mass is 9.99. The fraction of sp³-hybridized carbons (Fsp3) is 0.286. The summed E-state index contributed by atoms with van der Waals surface area (Å²) in [5, 5.41) is 11.8. The molecule has 0 radical (unpaired) electrons. The molecule has 0 spiro atoms. The van der Waals surface area contributed by atoms with Crippen LogP contribution in [0.4, 0.5) is 0 Å². The highest BCUT2D eigenvalue weighted by Crippen LogP contribution is 2.17. The highest BCUT2D eigenvalue weighted by molar-refractivity contribution is 6.30. The minimum Gasteiger partial charge on any atom is -0.466 e. The van der Waals surface area contributed by atoms with Crippen LogP contribution in [0.5, 0.6) is 0 Å². The van der Waals surface area contributed by atoms with Crippen LogP contribution < -0.4 is 0 Å². The zero-order valence-corrected chi connectivity index (χ0v) is 12.7. The van der Waals surface area contributed by atoms with Crippen LogP contribution in [0.3, 0.4) is 0 Å². The minimum absolute atomic E-state index is 0.0951. The lowest BCUT2D eigenvalue weighted by Gasteiger charge is -2.12. The average molecular weight is 328 g/mol. The quantitative estimate of drug-likeness (QED) is 0.342. The van der Waals surface area contributed by atoms with E-state index in [1.807, 2.05) is 0 Å². The summed E-state index contributed by atoms with van der Waals surface area (Å²) < 4.78 is 8.91. The first-order chi connectivity index (χ1) is 10.4. The molecule has 118 valence electrons. The van der Waals surface area contributed by atoms with E-state index >= 15 is 0 Å². The lowest BCUT2D eigenvalue weighted by Crippen LogP contribution is -2.30. The van der Waals surface area contributed by atoms with Crippen molar-refractivity contribution in [3.8, 4) is 0 Å². The Morgan fingerprint density at radius 1 is 1.27 bits per heavy atom. The maximum Gasteiger partial charge on any atom is 0.341 e. The van der Waals surface area contributed by atoms with Gasteiger partial charge in [0, 0.05) is 22.4 Å². The van der Waals surface area contributed by atoms with Crippen molar-refractivity contribution in [1.82, 2.24) is 0 Å². The number of methoxy groups -OCH3 is 2. The number of carbonyl (C=O) groups is 2. The largest absolute Gasteiger partial charge is 0.466 e. The van der Waals surface area contributed by atoms with Gasteiger partial charge in [0.15, 0.2) is 0 Å². The highest BCUT2D eigenvalue weighted by Gasteiger charge is 2.32. The molecule has 0 fully saturated rings. The molecule has 0 aromatic heterocycles. The number of hydrogen-bond donors (Lipinski definition) is 0. The molecule has 8 heteroatoms. The highest BCUT2D eigenvalue weighted by atomic mass is 35.5. The van der Waals surface area contributed by atoms with Crippen LogP contribution in [-0.2, 0) is 25.5 Å². The van der Waals surface area contributed by atoms with Gasteiger partial charge in [-0.2, -0.15) is 0 Å². The molecule has 1 atom stereocenters. The molecule has 22 heavy (non-hydrogen) atoms. The van der Waals surface area contributed by atoms with E-state index in [1.165, 1.54) is 0 Å². The molecule has 0 N–H and O–H groups in total. The summed E-state index contributed by atoms with van der Waals surface area (Å²) in [5.74, 6) is -1.83. The monoisotopic (exact) mass is 327 g/mol. The predicted octanol–water partition coefficient (Wildman–Crippen LogP) is 1.80. The van der Waals surface area contributed by atoms with Crippen molar-refractivity contribution in [1.29, 1.82) is 0 Å². The van der Waals surface area contributed by atoms with Gasteiger partial charge >= 0.3 is 11.9 Å². The lowest BCUT2D eigenvalue weighted by molar-refractivity contribution is -0.511. The number of halogens is 1. The van der Waals surface area contributed by atoms with Crippen LogP contribution in [0, 0.1) is 10.1 Å². The van der Waals surface area contributed by atoms with E-state index in [9.17, 15) is 19.7 Å². The second-order valence-electron chi connectivity index (χ2n) is 4.25. The van der Waals surface area contributed by atoms with Crippen molar-refractivity contribution in [2.24, 2.45) is 0 Å². The van der Waals surface area contributed by atoms with E-state index < -0.39 is 22.9 Å². The Balaban J connectivity index is 3.15. The van der Waals surface area contributed by atoms with Crippen LogP contribution in [0.15, 0.2) is 35.9 Å². The molecule has 0 aliphatic heterocycles. The number of nitro groups is 1. The van der Waals surface area contributed by atoms with E-state index in [2.05, 4.69) is 9.47 Å². The summed E-state index contributed by atoms with van der Waals surface area (Å²) in [4.78, 5) is 33.7. The van der Waals surface area contributed by atoms with Gasteiger partial charge in [-0.1, -0.05) is 23.7 Å². The summed E-state index contributed by atoms with van der Waals surface area (Å²) in [6, 6.07) is 4.93. The molecule has 0 saturated carbocycles. The molecule has 1 aromatic carbocycles. The summed E-state index contributed by atoms with van der Waals surface area (Å²) >= 11 is 5.75. The fourth-order valence-corrected chi connectivity index (χ4v) is 1.86. The van der Waals surface area contributed by atoms with E-state index in [1.54, 1.807) is 24.3 Å². The molecule has 0 heterocycles. The predicted molar refractivity (Wildman–Crippen MR) is 78.1 cm³/mol. The van der Waals surface area contributed by atoms with Gasteiger partial charge in [0.25, 0.3) is 0 Å². The maximum atomic E-state index is 11.7. The normalized spacial score (nSPS) is 12.4. The van der Waals surface area contributed by atoms with Crippen molar-refractivity contribution in [3.05, 3.63) is 56.6 Å². The van der Waals surface area contributed by atoms with Crippen LogP contribution in [0.25, 0.3) is 0 Å². The van der Waals surface area contributed by atoms with Gasteiger partial charge in [0.05, 0.1) is 14.2 Å². The van der Waals surface area contributed by atoms with E-state index in [0.29, 0.717) is 10.6 Å². The minimum atomic E-state index is -1.44. The molecule has 1 rings (SSSR count). The summed E-state index contributed by atoms with van der Waals surface area (Å²) in [6.45, 7) is 0. The number of nitrogens with zero attached hydrogens (tertiary/aromatic N) is 1. The number of esters is 2. The summed E-state index contributed by atoms with van der Waals surface area (Å²) in [7, 11) is 2.18. The van der Waals surface area contributed by atoms with Gasteiger partial charge < -0.3 is 9.47 Å². The van der Waals surface area contributed by atoms with Crippen molar-refractivity contribution < 1.29 is 24.0 Å². The van der Waals surface area contributed by atoms with Gasteiger partial charge in [-0.05, 0) is 17.7 Å².